The lowest BCUT2D eigenvalue weighted by molar-refractivity contribution is -0.181. The molecule has 2 rings (SSSR count). The minimum atomic E-state index is -4.82. The number of aromatic nitrogens is 2. The minimum Gasteiger partial charge on any atom is -0.480 e. The standard InChI is InChI=1S/C24H37N4O15P/c1-6-38-21(33)24(11-40-14(4)29,22(34)39-7-2)12-42-44(36,27-13(3)20(31)32)41-10-15-17(30)18(37-5)19(43-15)28-9-8-16(25)26-23(28)35/h8-9,13,15,17-19,30H,6-7,10-12H2,1-5H3,(H,27,36)(H,31,32)(H2,25,26,35)/t13-,15+,17+,18+,19+,44?/m0/s1. The first-order valence-electron chi connectivity index (χ1n) is 13.2. The van der Waals surface area contributed by atoms with Crippen molar-refractivity contribution in [2.45, 2.75) is 58.3 Å². The van der Waals surface area contributed by atoms with E-state index in [4.69, 9.17) is 38.5 Å². The van der Waals surface area contributed by atoms with Gasteiger partial charge in [-0.05, 0) is 26.8 Å². The van der Waals surface area contributed by atoms with Gasteiger partial charge in [-0.1, -0.05) is 0 Å². The van der Waals surface area contributed by atoms with Gasteiger partial charge in [0.05, 0.1) is 26.4 Å². The Kier molecular flexibility index (Phi) is 13.4. The van der Waals surface area contributed by atoms with Crippen molar-refractivity contribution in [2.24, 2.45) is 5.41 Å². The number of carbonyl (C=O) groups excluding carboxylic acids is 3. The molecule has 0 aromatic carbocycles. The second-order valence-electron chi connectivity index (χ2n) is 9.36. The van der Waals surface area contributed by atoms with Crippen LogP contribution in [0.4, 0.5) is 5.82 Å². The van der Waals surface area contributed by atoms with Gasteiger partial charge >= 0.3 is 37.3 Å². The van der Waals surface area contributed by atoms with Crippen LogP contribution in [-0.2, 0) is 56.5 Å². The van der Waals surface area contributed by atoms with Gasteiger partial charge in [0, 0.05) is 20.2 Å². The molecule has 2 heterocycles. The van der Waals surface area contributed by atoms with E-state index in [0.29, 0.717) is 0 Å². The van der Waals surface area contributed by atoms with Crippen molar-refractivity contribution in [2.75, 3.05) is 45.9 Å². The SMILES string of the molecule is CCOC(=O)C(COC(C)=O)(COP(=O)(N[C@@H](C)C(=O)O)OC[C@H]1O[C@@H](n2ccc(N)nc2=O)[C@H](OC)[C@@H]1O)C(=O)OCC. The van der Waals surface area contributed by atoms with E-state index in [1.807, 2.05) is 0 Å². The third-order valence-electron chi connectivity index (χ3n) is 6.18. The molecule has 248 valence electrons. The molecule has 1 fully saturated rings. The van der Waals surface area contributed by atoms with Gasteiger partial charge in [-0.3, -0.25) is 32.8 Å². The molecule has 1 unspecified atom stereocenters. The first kappa shape index (κ1) is 36.7. The van der Waals surface area contributed by atoms with Gasteiger partial charge in [0.1, 0.15) is 36.8 Å². The highest BCUT2D eigenvalue weighted by atomic mass is 31.2. The van der Waals surface area contributed by atoms with E-state index in [1.165, 1.54) is 33.2 Å². The van der Waals surface area contributed by atoms with E-state index in [9.17, 15) is 38.8 Å². The molecule has 1 aromatic heterocycles. The molecule has 0 amide bonds. The monoisotopic (exact) mass is 652 g/mol. The Morgan fingerprint density at radius 2 is 1.77 bits per heavy atom. The number of carbonyl (C=O) groups is 4. The number of esters is 3. The number of hydrogen-bond acceptors (Lipinski definition) is 16. The number of ether oxygens (including phenoxy) is 5. The van der Waals surface area contributed by atoms with Crippen molar-refractivity contribution in [3.05, 3.63) is 22.7 Å². The number of nitrogens with one attached hydrogen (secondary N) is 1. The van der Waals surface area contributed by atoms with Crippen LogP contribution >= 0.6 is 7.75 Å². The predicted molar refractivity (Wildman–Crippen MR) is 146 cm³/mol. The Morgan fingerprint density at radius 3 is 2.27 bits per heavy atom. The van der Waals surface area contributed by atoms with Crippen molar-refractivity contribution in [3.8, 4) is 0 Å². The lowest BCUT2D eigenvalue weighted by Crippen LogP contribution is -2.50. The minimum absolute atomic E-state index is 0.0641. The maximum Gasteiger partial charge on any atom is 0.406 e. The Bertz CT molecular complexity index is 1270. The van der Waals surface area contributed by atoms with Crippen LogP contribution in [0.5, 0.6) is 0 Å². The fourth-order valence-electron chi connectivity index (χ4n) is 3.85. The highest BCUT2D eigenvalue weighted by Gasteiger charge is 2.53. The van der Waals surface area contributed by atoms with Crippen molar-refractivity contribution in [1.29, 1.82) is 0 Å². The van der Waals surface area contributed by atoms with Gasteiger partial charge < -0.3 is 39.6 Å². The van der Waals surface area contributed by atoms with E-state index in [1.54, 1.807) is 0 Å². The summed E-state index contributed by atoms with van der Waals surface area (Å²) in [6.45, 7) is 1.73. The Labute approximate surface area is 251 Å². The molecule has 44 heavy (non-hydrogen) atoms. The molecule has 1 aliphatic rings. The number of nitrogens with two attached hydrogens (primary N) is 1. The second kappa shape index (κ2) is 16.0. The summed E-state index contributed by atoms with van der Waals surface area (Å²) in [6, 6.07) is -0.260. The first-order chi connectivity index (χ1) is 20.6. The fourth-order valence-corrected chi connectivity index (χ4v) is 5.39. The molecule has 0 bridgehead atoms. The Hall–Kier alpha value is -3.45. The number of anilines is 1. The molecule has 0 spiro atoms. The van der Waals surface area contributed by atoms with Crippen LogP contribution in [0, 0.1) is 5.41 Å². The molecule has 5 N–H and O–H groups in total. The van der Waals surface area contributed by atoms with Crippen LogP contribution in [-0.4, -0.2) is 108 Å². The van der Waals surface area contributed by atoms with Gasteiger partial charge in [0.2, 0.25) is 5.41 Å². The molecular formula is C24H37N4O15P. The summed E-state index contributed by atoms with van der Waals surface area (Å²) in [5, 5.41) is 22.4. The number of nitrogens with zero attached hydrogens (tertiary/aromatic N) is 2. The van der Waals surface area contributed by atoms with Gasteiger partial charge in [-0.2, -0.15) is 4.98 Å². The zero-order valence-corrected chi connectivity index (χ0v) is 25.6. The molecule has 20 heteroatoms. The lowest BCUT2D eigenvalue weighted by atomic mass is 9.90. The van der Waals surface area contributed by atoms with E-state index in [-0.39, 0.29) is 19.0 Å². The van der Waals surface area contributed by atoms with E-state index >= 15 is 0 Å². The van der Waals surface area contributed by atoms with Gasteiger partial charge in [-0.25, -0.2) is 14.4 Å². The number of rotatable bonds is 17. The van der Waals surface area contributed by atoms with Crippen molar-refractivity contribution < 1.29 is 66.7 Å². The summed E-state index contributed by atoms with van der Waals surface area (Å²) in [4.78, 5) is 65.1. The smallest absolute Gasteiger partial charge is 0.406 e. The van der Waals surface area contributed by atoms with Gasteiger partial charge in [-0.15, -0.1) is 0 Å². The summed E-state index contributed by atoms with van der Waals surface area (Å²) < 4.78 is 51.5. The quantitative estimate of drug-likeness (QED) is 0.0679. The number of carboxylic acids is 1. The second-order valence-corrected chi connectivity index (χ2v) is 11.1. The number of aliphatic hydroxyl groups excluding tert-OH is 1. The Balaban J connectivity index is 2.39. The molecule has 0 radical (unpaired) electrons. The number of aliphatic hydroxyl groups is 1. The van der Waals surface area contributed by atoms with E-state index < -0.39 is 93.1 Å². The van der Waals surface area contributed by atoms with Crippen molar-refractivity contribution >= 4 is 37.4 Å². The number of carboxylic acid groups (broad SMARTS) is 1. The Morgan fingerprint density at radius 1 is 1.16 bits per heavy atom. The van der Waals surface area contributed by atoms with Crippen LogP contribution in [0.25, 0.3) is 0 Å². The van der Waals surface area contributed by atoms with E-state index in [2.05, 4.69) is 10.1 Å². The summed E-state index contributed by atoms with van der Waals surface area (Å²) in [7, 11) is -3.58. The zero-order chi connectivity index (χ0) is 33.2. The van der Waals surface area contributed by atoms with Crippen LogP contribution in [0.3, 0.4) is 0 Å². The maximum absolute atomic E-state index is 13.9. The lowest BCUT2D eigenvalue weighted by Gasteiger charge is -2.30. The van der Waals surface area contributed by atoms with Crippen LogP contribution in [0.1, 0.15) is 33.9 Å². The first-order valence-corrected chi connectivity index (χ1v) is 14.8. The van der Waals surface area contributed by atoms with Gasteiger partial charge in [0.15, 0.2) is 6.23 Å². The van der Waals surface area contributed by atoms with E-state index in [0.717, 1.165) is 18.4 Å². The molecule has 0 aliphatic carbocycles. The van der Waals surface area contributed by atoms with Crippen LogP contribution < -0.4 is 16.5 Å². The number of nitrogen functional groups attached to an aromatic ring is 1. The highest BCUT2D eigenvalue weighted by Crippen LogP contribution is 2.47. The predicted octanol–water partition coefficient (Wildman–Crippen LogP) is -1.02. The largest absolute Gasteiger partial charge is 0.480 e. The molecule has 19 nitrogen and oxygen atoms in total. The van der Waals surface area contributed by atoms with Gasteiger partial charge in [0.25, 0.3) is 0 Å². The van der Waals surface area contributed by atoms with Crippen molar-refractivity contribution in [3.63, 3.8) is 0 Å². The molecule has 1 aromatic rings. The third-order valence-corrected chi connectivity index (χ3v) is 7.84. The molecule has 1 aliphatic heterocycles. The van der Waals surface area contributed by atoms with Crippen LogP contribution in [0.15, 0.2) is 17.1 Å². The highest BCUT2D eigenvalue weighted by molar-refractivity contribution is 7.51. The number of aliphatic carboxylic acids is 1. The summed E-state index contributed by atoms with van der Waals surface area (Å²) in [5.41, 5.74) is 2.21. The third kappa shape index (κ3) is 9.04. The fraction of sp³-hybridized carbons (Fsp3) is 0.667. The average Bonchev–Trinajstić information content (AvgIpc) is 3.26. The molecule has 1 saturated heterocycles. The number of hydrogen-bond donors (Lipinski definition) is 4. The summed E-state index contributed by atoms with van der Waals surface area (Å²) in [6.07, 6.45) is -3.95. The zero-order valence-electron chi connectivity index (χ0n) is 24.7. The summed E-state index contributed by atoms with van der Waals surface area (Å²) >= 11 is 0. The number of methoxy groups -OCH3 is 1. The average molecular weight is 653 g/mol. The topological polar surface area (TPSA) is 263 Å². The maximum atomic E-state index is 13.9. The molecule has 6 atom stereocenters. The van der Waals surface area contributed by atoms with Crippen molar-refractivity contribution in [1.82, 2.24) is 14.6 Å². The normalized spacial score (nSPS) is 22.0. The molecule has 0 saturated carbocycles. The molecular weight excluding hydrogens is 615 g/mol. The van der Waals surface area contributed by atoms with Crippen LogP contribution in [0.2, 0.25) is 0 Å². The summed E-state index contributed by atoms with van der Waals surface area (Å²) in [5.74, 6) is -4.93.